The predicted molar refractivity (Wildman–Crippen MR) is 80.7 cm³/mol. The average molecular weight is 289 g/mol. The van der Waals surface area contributed by atoms with Crippen LogP contribution in [0.15, 0.2) is 23.0 Å². The molecule has 1 aliphatic rings. The molecular formula is C15H19N3OS. The van der Waals surface area contributed by atoms with Crippen molar-refractivity contribution in [3.05, 3.63) is 28.6 Å². The summed E-state index contributed by atoms with van der Waals surface area (Å²) >= 11 is 1.61. The summed E-state index contributed by atoms with van der Waals surface area (Å²) in [6.07, 6.45) is 4.04. The van der Waals surface area contributed by atoms with E-state index in [-0.39, 0.29) is 5.91 Å². The Morgan fingerprint density at radius 2 is 2.35 bits per heavy atom. The molecule has 0 radical (unpaired) electrons. The van der Waals surface area contributed by atoms with Gasteiger partial charge in [-0.1, -0.05) is 13.8 Å². The summed E-state index contributed by atoms with van der Waals surface area (Å²) in [4.78, 5) is 12.4. The number of nitrogens with one attached hydrogen (secondary N) is 2. The van der Waals surface area contributed by atoms with Crippen LogP contribution in [0.4, 0.5) is 0 Å². The molecular weight excluding hydrogens is 270 g/mol. The van der Waals surface area contributed by atoms with Gasteiger partial charge in [0.15, 0.2) is 0 Å². The highest BCUT2D eigenvalue weighted by Crippen LogP contribution is 2.51. The molecule has 0 aliphatic heterocycles. The SMILES string of the molecule is CC(C)C1(CNC(=O)c2cn[nH]c2-c2ccsc2)CC1. The van der Waals surface area contributed by atoms with Crippen LogP contribution in [0.2, 0.25) is 0 Å². The summed E-state index contributed by atoms with van der Waals surface area (Å²) < 4.78 is 0. The summed E-state index contributed by atoms with van der Waals surface area (Å²) in [6, 6.07) is 1.99. The first-order valence-corrected chi connectivity index (χ1v) is 7.91. The van der Waals surface area contributed by atoms with Gasteiger partial charge >= 0.3 is 0 Å². The lowest BCUT2D eigenvalue weighted by Crippen LogP contribution is -2.32. The quantitative estimate of drug-likeness (QED) is 0.887. The molecule has 0 bridgehead atoms. The molecule has 5 heteroatoms. The fourth-order valence-electron chi connectivity index (χ4n) is 2.56. The van der Waals surface area contributed by atoms with Gasteiger partial charge in [0, 0.05) is 17.5 Å². The molecule has 0 spiro atoms. The molecule has 0 unspecified atom stereocenters. The average Bonchev–Trinajstić information content (AvgIpc) is 2.87. The number of carbonyl (C=O) groups is 1. The van der Waals surface area contributed by atoms with Gasteiger partial charge < -0.3 is 5.32 Å². The Bertz CT molecular complexity index is 596. The number of aromatic nitrogens is 2. The number of carbonyl (C=O) groups excluding carboxylic acids is 1. The molecule has 1 saturated carbocycles. The Morgan fingerprint density at radius 3 is 2.95 bits per heavy atom. The van der Waals surface area contributed by atoms with Gasteiger partial charge in [0.25, 0.3) is 5.91 Å². The summed E-state index contributed by atoms with van der Waals surface area (Å²) in [6.45, 7) is 5.22. The van der Waals surface area contributed by atoms with Crippen LogP contribution in [0.3, 0.4) is 0 Å². The zero-order valence-corrected chi connectivity index (χ0v) is 12.6. The number of hydrogen-bond donors (Lipinski definition) is 2. The van der Waals surface area contributed by atoms with Crippen molar-refractivity contribution in [2.45, 2.75) is 26.7 Å². The van der Waals surface area contributed by atoms with Crippen LogP contribution in [0, 0.1) is 11.3 Å². The van der Waals surface area contributed by atoms with Crippen LogP contribution in [0.5, 0.6) is 0 Å². The first-order chi connectivity index (χ1) is 9.62. The van der Waals surface area contributed by atoms with E-state index in [0.717, 1.165) is 17.8 Å². The van der Waals surface area contributed by atoms with Gasteiger partial charge in [-0.3, -0.25) is 9.89 Å². The molecule has 2 aromatic rings. The third-order valence-corrected chi connectivity index (χ3v) is 5.10. The largest absolute Gasteiger partial charge is 0.351 e. The van der Waals surface area contributed by atoms with Crippen LogP contribution in [0.1, 0.15) is 37.0 Å². The van der Waals surface area contributed by atoms with Crippen molar-refractivity contribution in [1.29, 1.82) is 0 Å². The van der Waals surface area contributed by atoms with Crippen LogP contribution >= 0.6 is 11.3 Å². The van der Waals surface area contributed by atoms with Crippen LogP contribution in [0.25, 0.3) is 11.3 Å². The normalized spacial score (nSPS) is 16.4. The Morgan fingerprint density at radius 1 is 1.55 bits per heavy atom. The molecule has 0 aromatic carbocycles. The number of amides is 1. The fourth-order valence-corrected chi connectivity index (χ4v) is 3.20. The fraction of sp³-hybridized carbons (Fsp3) is 0.467. The predicted octanol–water partition coefficient (Wildman–Crippen LogP) is 3.30. The van der Waals surface area contributed by atoms with Crippen molar-refractivity contribution >= 4 is 17.2 Å². The third kappa shape index (κ3) is 2.38. The number of hydrogen-bond acceptors (Lipinski definition) is 3. The van der Waals surface area contributed by atoms with Gasteiger partial charge in [-0.25, -0.2) is 0 Å². The van der Waals surface area contributed by atoms with E-state index in [1.54, 1.807) is 17.5 Å². The lowest BCUT2D eigenvalue weighted by molar-refractivity contribution is 0.0940. The second-order valence-corrected chi connectivity index (χ2v) is 6.65. The molecule has 4 nitrogen and oxygen atoms in total. The van der Waals surface area contributed by atoms with Gasteiger partial charge in [0.1, 0.15) is 0 Å². The molecule has 106 valence electrons. The molecule has 1 aliphatic carbocycles. The number of rotatable bonds is 5. The van der Waals surface area contributed by atoms with Crippen LogP contribution in [-0.2, 0) is 0 Å². The summed E-state index contributed by atoms with van der Waals surface area (Å²) in [7, 11) is 0. The minimum Gasteiger partial charge on any atom is -0.351 e. The Hall–Kier alpha value is -1.62. The van der Waals surface area contributed by atoms with E-state index in [1.165, 1.54) is 12.8 Å². The van der Waals surface area contributed by atoms with Crippen LogP contribution < -0.4 is 5.32 Å². The molecule has 1 fully saturated rings. The molecule has 0 saturated heterocycles. The molecule has 0 atom stereocenters. The zero-order chi connectivity index (χ0) is 14.2. The molecule has 3 rings (SSSR count). The van der Waals surface area contributed by atoms with Gasteiger partial charge in [-0.05, 0) is 35.6 Å². The second kappa shape index (κ2) is 5.05. The summed E-state index contributed by atoms with van der Waals surface area (Å²) in [5.74, 6) is 0.579. The van der Waals surface area contributed by atoms with Crippen molar-refractivity contribution in [3.63, 3.8) is 0 Å². The Labute approximate surface area is 122 Å². The van der Waals surface area contributed by atoms with Crippen molar-refractivity contribution in [1.82, 2.24) is 15.5 Å². The van der Waals surface area contributed by atoms with E-state index in [1.807, 2.05) is 16.8 Å². The topological polar surface area (TPSA) is 57.8 Å². The van der Waals surface area contributed by atoms with Crippen molar-refractivity contribution in [2.75, 3.05) is 6.54 Å². The second-order valence-electron chi connectivity index (χ2n) is 5.87. The maximum absolute atomic E-state index is 12.4. The molecule has 20 heavy (non-hydrogen) atoms. The standard InChI is InChI=1S/C15H19N3OS/c1-10(2)15(4-5-15)9-16-14(19)12-7-17-18-13(12)11-3-6-20-8-11/h3,6-8,10H,4-5,9H2,1-2H3,(H,16,19)(H,17,18). The van der Waals surface area contributed by atoms with E-state index >= 15 is 0 Å². The number of aromatic amines is 1. The zero-order valence-electron chi connectivity index (χ0n) is 11.8. The monoisotopic (exact) mass is 289 g/mol. The molecule has 1 amide bonds. The van der Waals surface area contributed by atoms with Crippen molar-refractivity contribution < 1.29 is 4.79 Å². The minimum absolute atomic E-state index is 0.0353. The Kier molecular flexibility index (Phi) is 3.38. The smallest absolute Gasteiger partial charge is 0.255 e. The third-order valence-electron chi connectivity index (χ3n) is 4.41. The molecule has 2 N–H and O–H groups in total. The van der Waals surface area contributed by atoms with E-state index in [4.69, 9.17) is 0 Å². The van der Waals surface area contributed by atoms with E-state index in [9.17, 15) is 4.79 Å². The van der Waals surface area contributed by atoms with Gasteiger partial charge in [-0.15, -0.1) is 0 Å². The lowest BCUT2D eigenvalue weighted by atomic mass is 9.92. The molecule has 2 aromatic heterocycles. The maximum Gasteiger partial charge on any atom is 0.255 e. The highest BCUT2D eigenvalue weighted by atomic mass is 32.1. The highest BCUT2D eigenvalue weighted by Gasteiger charge is 2.45. The van der Waals surface area contributed by atoms with Crippen molar-refractivity contribution in [3.8, 4) is 11.3 Å². The van der Waals surface area contributed by atoms with Gasteiger partial charge in [0.05, 0.1) is 17.5 Å². The highest BCUT2D eigenvalue weighted by molar-refractivity contribution is 7.08. The van der Waals surface area contributed by atoms with Gasteiger partial charge in [0.2, 0.25) is 0 Å². The number of H-pyrrole nitrogens is 1. The van der Waals surface area contributed by atoms with E-state index < -0.39 is 0 Å². The first kappa shape index (κ1) is 13.4. The van der Waals surface area contributed by atoms with E-state index in [0.29, 0.717) is 16.9 Å². The van der Waals surface area contributed by atoms with Gasteiger partial charge in [-0.2, -0.15) is 16.4 Å². The minimum atomic E-state index is -0.0353. The Balaban J connectivity index is 1.71. The molecule has 2 heterocycles. The summed E-state index contributed by atoms with van der Waals surface area (Å²) in [5.41, 5.74) is 2.77. The number of thiophene rings is 1. The maximum atomic E-state index is 12.4. The van der Waals surface area contributed by atoms with Crippen LogP contribution in [-0.4, -0.2) is 22.6 Å². The summed E-state index contributed by atoms with van der Waals surface area (Å²) in [5, 5.41) is 14.0. The van der Waals surface area contributed by atoms with E-state index in [2.05, 4.69) is 29.4 Å². The number of nitrogens with zero attached hydrogens (tertiary/aromatic N) is 1. The first-order valence-electron chi connectivity index (χ1n) is 6.96. The lowest BCUT2D eigenvalue weighted by Gasteiger charge is -2.19. The van der Waals surface area contributed by atoms with Crippen molar-refractivity contribution in [2.24, 2.45) is 11.3 Å².